The molecule has 5 N–H and O–H groups in total. The van der Waals surface area contributed by atoms with Gasteiger partial charge in [-0.1, -0.05) is 0 Å². The highest BCUT2D eigenvalue weighted by Crippen LogP contribution is 2.36. The number of hydrogen-bond donors (Lipinski definition) is 4. The van der Waals surface area contributed by atoms with Gasteiger partial charge in [-0.25, -0.2) is 27.6 Å². The minimum Gasteiger partial charge on any atom is -0.394 e. The van der Waals surface area contributed by atoms with Crippen LogP contribution in [-0.4, -0.2) is 42.2 Å². The molecule has 1 heterocycles. The maximum absolute atomic E-state index is 13.5. The van der Waals surface area contributed by atoms with E-state index in [1.807, 2.05) is 0 Å². The van der Waals surface area contributed by atoms with Gasteiger partial charge in [-0.05, 0) is 69.3 Å². The van der Waals surface area contributed by atoms with Crippen molar-refractivity contribution in [3.63, 3.8) is 0 Å². The summed E-state index contributed by atoms with van der Waals surface area (Å²) < 4.78 is 38.8. The second kappa shape index (κ2) is 9.74. The topological polar surface area (TPSA) is 147 Å². The molecule has 3 aromatic rings. The Morgan fingerprint density at radius 1 is 1.12 bits per heavy atom. The second-order valence-electron chi connectivity index (χ2n) is 8.22. The standard InChI is InChI=1S/C23H26FN5O4S/c1-14(13-30)26-20-12-19(23(2,3)34(32,33)18-10-6-16(24)7-11-18)28-21(29-20)15-4-8-17(9-5-15)27-22(25)31/h4-12,14,30H,13H2,1-3H3,(H3,25,27,31)(H,26,28,29)/t14-/m0/s1. The lowest BCUT2D eigenvalue weighted by atomic mass is 10.1. The second-order valence-corrected chi connectivity index (χ2v) is 10.7. The predicted molar refractivity (Wildman–Crippen MR) is 127 cm³/mol. The molecule has 0 radical (unpaired) electrons. The number of sulfone groups is 1. The third-order valence-corrected chi connectivity index (χ3v) is 7.66. The quantitative estimate of drug-likeness (QED) is 0.357. The van der Waals surface area contributed by atoms with E-state index in [0.717, 1.165) is 12.1 Å². The van der Waals surface area contributed by atoms with Gasteiger partial charge in [0.05, 0.1) is 17.2 Å². The van der Waals surface area contributed by atoms with E-state index in [2.05, 4.69) is 20.6 Å². The molecule has 0 aliphatic carbocycles. The van der Waals surface area contributed by atoms with E-state index in [1.165, 1.54) is 32.0 Å². The summed E-state index contributed by atoms with van der Waals surface area (Å²) in [5.41, 5.74) is 6.37. The Bertz CT molecular complexity index is 1280. The number of benzene rings is 2. The van der Waals surface area contributed by atoms with Gasteiger partial charge in [0.25, 0.3) is 0 Å². The van der Waals surface area contributed by atoms with Crippen molar-refractivity contribution < 1.29 is 22.7 Å². The highest BCUT2D eigenvalue weighted by molar-refractivity contribution is 7.92. The van der Waals surface area contributed by atoms with Crippen LogP contribution in [0.25, 0.3) is 11.4 Å². The lowest BCUT2D eigenvalue weighted by Gasteiger charge is -2.26. The first-order valence-corrected chi connectivity index (χ1v) is 11.9. The maximum atomic E-state index is 13.5. The van der Waals surface area contributed by atoms with Crippen molar-refractivity contribution in [1.82, 2.24) is 9.97 Å². The van der Waals surface area contributed by atoms with Crippen molar-refractivity contribution in [2.45, 2.75) is 36.5 Å². The highest BCUT2D eigenvalue weighted by Gasteiger charge is 2.39. The van der Waals surface area contributed by atoms with Crippen LogP contribution in [0, 0.1) is 5.82 Å². The molecule has 0 unspecified atom stereocenters. The van der Waals surface area contributed by atoms with Gasteiger partial charge < -0.3 is 21.5 Å². The van der Waals surface area contributed by atoms with Gasteiger partial charge in [0.1, 0.15) is 16.4 Å². The SMILES string of the molecule is C[C@@H](CO)Nc1cc(C(C)(C)S(=O)(=O)c2ccc(F)cc2)nc(-c2ccc(NC(N)=O)cc2)n1. The van der Waals surface area contributed by atoms with E-state index < -0.39 is 26.4 Å². The Labute approximate surface area is 197 Å². The zero-order valence-electron chi connectivity index (χ0n) is 18.9. The molecule has 0 bridgehead atoms. The molecule has 2 amide bonds. The molecule has 0 spiro atoms. The molecule has 0 aliphatic rings. The zero-order chi connectivity index (χ0) is 25.1. The largest absolute Gasteiger partial charge is 0.394 e. The molecule has 1 aromatic heterocycles. The van der Waals surface area contributed by atoms with Gasteiger partial charge in [-0.3, -0.25) is 0 Å². The summed E-state index contributed by atoms with van der Waals surface area (Å²) in [6, 6.07) is 11.6. The Kier molecular flexibility index (Phi) is 7.18. The number of rotatable bonds is 8. The fraction of sp³-hybridized carbons (Fsp3) is 0.261. The molecule has 0 aliphatic heterocycles. The molecule has 2 aromatic carbocycles. The number of amides is 2. The molecule has 0 saturated carbocycles. The molecule has 3 rings (SSSR count). The van der Waals surface area contributed by atoms with E-state index >= 15 is 0 Å². The summed E-state index contributed by atoms with van der Waals surface area (Å²) in [6.07, 6.45) is 0. The van der Waals surface area contributed by atoms with Crippen molar-refractivity contribution in [3.05, 3.63) is 66.1 Å². The molecule has 11 heteroatoms. The number of primary amides is 1. The van der Waals surface area contributed by atoms with Crippen LogP contribution >= 0.6 is 0 Å². The zero-order valence-corrected chi connectivity index (χ0v) is 19.7. The fourth-order valence-corrected chi connectivity index (χ4v) is 4.61. The Morgan fingerprint density at radius 3 is 2.29 bits per heavy atom. The minimum atomic E-state index is -3.97. The Morgan fingerprint density at radius 2 is 1.74 bits per heavy atom. The van der Waals surface area contributed by atoms with Crippen LogP contribution in [0.4, 0.5) is 20.7 Å². The molecule has 9 nitrogen and oxygen atoms in total. The molecular weight excluding hydrogens is 461 g/mol. The first-order chi connectivity index (χ1) is 15.9. The van der Waals surface area contributed by atoms with E-state index in [4.69, 9.17) is 5.73 Å². The number of carbonyl (C=O) groups is 1. The maximum Gasteiger partial charge on any atom is 0.316 e. The van der Waals surface area contributed by atoms with Gasteiger partial charge in [-0.15, -0.1) is 0 Å². The number of aliphatic hydroxyl groups is 1. The van der Waals surface area contributed by atoms with Gasteiger partial charge in [0, 0.05) is 23.4 Å². The van der Waals surface area contributed by atoms with Crippen molar-refractivity contribution in [1.29, 1.82) is 0 Å². The van der Waals surface area contributed by atoms with E-state index in [1.54, 1.807) is 31.2 Å². The highest BCUT2D eigenvalue weighted by atomic mass is 32.2. The number of nitrogens with one attached hydrogen (secondary N) is 2. The van der Waals surface area contributed by atoms with Crippen LogP contribution in [0.5, 0.6) is 0 Å². The average molecular weight is 488 g/mol. The summed E-state index contributed by atoms with van der Waals surface area (Å²) in [5.74, 6) is 0.0150. The number of anilines is 2. The number of nitrogens with zero attached hydrogens (tertiary/aromatic N) is 2. The fourth-order valence-electron chi connectivity index (χ4n) is 3.15. The Hall–Kier alpha value is -3.57. The summed E-state index contributed by atoms with van der Waals surface area (Å²) in [6.45, 7) is 4.60. The van der Waals surface area contributed by atoms with Crippen LogP contribution in [0.3, 0.4) is 0 Å². The van der Waals surface area contributed by atoms with Crippen molar-refractivity contribution in [2.75, 3.05) is 17.2 Å². The molecule has 1 atom stereocenters. The third kappa shape index (κ3) is 5.32. The van der Waals surface area contributed by atoms with E-state index in [9.17, 15) is 22.7 Å². The summed E-state index contributed by atoms with van der Waals surface area (Å²) in [4.78, 5) is 20.0. The summed E-state index contributed by atoms with van der Waals surface area (Å²) in [5, 5.41) is 14.9. The van der Waals surface area contributed by atoms with Crippen molar-refractivity contribution in [2.24, 2.45) is 5.73 Å². The van der Waals surface area contributed by atoms with E-state index in [-0.39, 0.29) is 29.1 Å². The number of aromatic nitrogens is 2. The van der Waals surface area contributed by atoms with Gasteiger partial charge in [-0.2, -0.15) is 0 Å². The number of urea groups is 1. The molecule has 34 heavy (non-hydrogen) atoms. The van der Waals surface area contributed by atoms with Crippen LogP contribution < -0.4 is 16.4 Å². The predicted octanol–water partition coefficient (Wildman–Crippen LogP) is 3.28. The lowest BCUT2D eigenvalue weighted by molar-refractivity contribution is 0.259. The van der Waals surface area contributed by atoms with Crippen molar-refractivity contribution in [3.8, 4) is 11.4 Å². The molecular formula is C23H26FN5O4S. The third-order valence-electron chi connectivity index (χ3n) is 5.22. The van der Waals surface area contributed by atoms with Crippen molar-refractivity contribution >= 4 is 27.4 Å². The lowest BCUT2D eigenvalue weighted by Crippen LogP contribution is -2.31. The Balaban J connectivity index is 2.11. The number of aliphatic hydroxyl groups excluding tert-OH is 1. The number of hydrogen-bond acceptors (Lipinski definition) is 7. The molecule has 0 saturated heterocycles. The average Bonchev–Trinajstić information content (AvgIpc) is 2.79. The van der Waals surface area contributed by atoms with E-state index in [0.29, 0.717) is 17.1 Å². The minimum absolute atomic E-state index is 0.0424. The number of carbonyl (C=O) groups excluding carboxylic acids is 1. The number of halogens is 1. The van der Waals surface area contributed by atoms with Gasteiger partial charge in [0.15, 0.2) is 15.7 Å². The van der Waals surface area contributed by atoms with Crippen LogP contribution in [0.2, 0.25) is 0 Å². The number of nitrogens with two attached hydrogens (primary N) is 1. The van der Waals surface area contributed by atoms with Crippen LogP contribution in [0.15, 0.2) is 59.5 Å². The molecule has 180 valence electrons. The van der Waals surface area contributed by atoms with Crippen LogP contribution in [-0.2, 0) is 14.6 Å². The molecule has 0 fully saturated rings. The van der Waals surface area contributed by atoms with Gasteiger partial charge >= 0.3 is 6.03 Å². The first-order valence-electron chi connectivity index (χ1n) is 10.4. The summed E-state index contributed by atoms with van der Waals surface area (Å²) >= 11 is 0. The smallest absolute Gasteiger partial charge is 0.316 e. The summed E-state index contributed by atoms with van der Waals surface area (Å²) in [7, 11) is -3.97. The van der Waals surface area contributed by atoms with Crippen LogP contribution in [0.1, 0.15) is 26.5 Å². The van der Waals surface area contributed by atoms with Gasteiger partial charge in [0.2, 0.25) is 0 Å². The monoisotopic (exact) mass is 487 g/mol. The first kappa shape index (κ1) is 25.1. The normalized spacial score (nSPS) is 12.7.